The van der Waals surface area contributed by atoms with Crippen LogP contribution in [0.3, 0.4) is 0 Å². The molecule has 6 nitrogen and oxygen atoms in total. The summed E-state index contributed by atoms with van der Waals surface area (Å²) in [6.45, 7) is -0.946. The average Bonchev–Trinajstić information content (AvgIpc) is 3.13. The molecule has 1 aromatic carbocycles. The molecular weight excluding hydrogens is 388 g/mol. The third kappa shape index (κ3) is 3.88. The van der Waals surface area contributed by atoms with Crippen LogP contribution in [0.2, 0.25) is 5.02 Å². The Hall–Kier alpha value is -2.45. The van der Waals surface area contributed by atoms with E-state index in [0.717, 1.165) is 31.4 Å². The van der Waals surface area contributed by atoms with Crippen molar-refractivity contribution >= 4 is 23.1 Å². The van der Waals surface area contributed by atoms with E-state index in [-0.39, 0.29) is 11.8 Å². The van der Waals surface area contributed by atoms with Crippen molar-refractivity contribution in [3.63, 3.8) is 0 Å². The molecule has 3 heterocycles. The van der Waals surface area contributed by atoms with Crippen molar-refractivity contribution in [2.75, 3.05) is 25.5 Å². The molecule has 1 aliphatic rings. The Morgan fingerprint density at radius 3 is 2.93 bits per heavy atom. The molecule has 1 atom stereocenters. The number of piperidine rings is 1. The van der Waals surface area contributed by atoms with Gasteiger partial charge in [-0.25, -0.2) is 0 Å². The number of halogens is 3. The largest absolute Gasteiger partial charge is 0.434 e. The minimum atomic E-state index is -2.96. The number of ether oxygens (including phenoxy) is 1. The summed E-state index contributed by atoms with van der Waals surface area (Å²) in [5, 5.41) is 12.4. The normalized spacial score (nSPS) is 18.0. The first-order valence-electron chi connectivity index (χ1n) is 9.05. The van der Waals surface area contributed by atoms with E-state index in [0.29, 0.717) is 22.2 Å². The lowest BCUT2D eigenvalue weighted by molar-refractivity contribution is -0.0494. The molecule has 1 fully saturated rings. The van der Waals surface area contributed by atoms with Crippen LogP contribution in [0.4, 0.5) is 14.7 Å². The number of aromatic nitrogens is 3. The zero-order chi connectivity index (χ0) is 19.7. The van der Waals surface area contributed by atoms with E-state index in [4.69, 9.17) is 11.6 Å². The Morgan fingerprint density at radius 2 is 2.14 bits per heavy atom. The van der Waals surface area contributed by atoms with Crippen molar-refractivity contribution in [2.45, 2.75) is 25.5 Å². The molecule has 0 spiro atoms. The van der Waals surface area contributed by atoms with Gasteiger partial charge in [0.25, 0.3) is 0 Å². The summed E-state index contributed by atoms with van der Waals surface area (Å²) in [5.41, 5.74) is 1.59. The van der Waals surface area contributed by atoms with Gasteiger partial charge in [-0.2, -0.15) is 8.78 Å². The number of alkyl halides is 2. The Morgan fingerprint density at radius 1 is 1.29 bits per heavy atom. The third-order valence-corrected chi connectivity index (χ3v) is 5.07. The second-order valence-corrected chi connectivity index (χ2v) is 7.34. The van der Waals surface area contributed by atoms with Crippen LogP contribution in [0, 0.1) is 0 Å². The number of anilines is 1. The highest BCUT2D eigenvalue weighted by molar-refractivity contribution is 6.30. The van der Waals surface area contributed by atoms with Crippen molar-refractivity contribution in [3.8, 4) is 17.0 Å². The number of fused-ring (bicyclic) bond motifs is 1. The molecule has 0 radical (unpaired) electrons. The van der Waals surface area contributed by atoms with Gasteiger partial charge in [-0.05, 0) is 56.8 Å². The van der Waals surface area contributed by atoms with E-state index in [1.807, 2.05) is 22.7 Å². The predicted molar refractivity (Wildman–Crippen MR) is 104 cm³/mol. The minimum absolute atomic E-state index is 0.0329. The zero-order valence-corrected chi connectivity index (χ0v) is 16.0. The lowest BCUT2D eigenvalue weighted by Crippen LogP contribution is -2.40. The van der Waals surface area contributed by atoms with E-state index in [9.17, 15) is 8.78 Å². The number of hydrogen-bond acceptors (Lipinski definition) is 5. The molecule has 0 aliphatic carbocycles. The van der Waals surface area contributed by atoms with Crippen LogP contribution >= 0.6 is 11.6 Å². The van der Waals surface area contributed by atoms with Gasteiger partial charge in [0.05, 0.1) is 5.52 Å². The number of hydrogen-bond donors (Lipinski definition) is 1. The molecule has 0 unspecified atom stereocenters. The predicted octanol–water partition coefficient (Wildman–Crippen LogP) is 4.16. The number of likely N-dealkylation sites (tertiary alicyclic amines) is 1. The Bertz CT molecular complexity index is 980. The molecule has 1 saturated heterocycles. The summed E-state index contributed by atoms with van der Waals surface area (Å²) in [7, 11) is 2.10. The van der Waals surface area contributed by atoms with Gasteiger partial charge in [0, 0.05) is 29.4 Å². The van der Waals surface area contributed by atoms with Crippen LogP contribution in [0.5, 0.6) is 5.75 Å². The van der Waals surface area contributed by atoms with Gasteiger partial charge in [0.1, 0.15) is 11.4 Å². The number of nitrogens with zero attached hydrogens (tertiary/aromatic N) is 4. The second kappa shape index (κ2) is 7.89. The highest BCUT2D eigenvalue weighted by atomic mass is 35.5. The monoisotopic (exact) mass is 407 g/mol. The fourth-order valence-corrected chi connectivity index (χ4v) is 3.76. The molecule has 0 amide bonds. The minimum Gasteiger partial charge on any atom is -0.434 e. The average molecular weight is 408 g/mol. The first-order chi connectivity index (χ1) is 13.5. The first kappa shape index (κ1) is 18.9. The van der Waals surface area contributed by atoms with E-state index in [1.165, 1.54) is 6.07 Å². The summed E-state index contributed by atoms with van der Waals surface area (Å²) >= 11 is 5.95. The van der Waals surface area contributed by atoms with Crippen LogP contribution in [-0.2, 0) is 0 Å². The lowest BCUT2D eigenvalue weighted by atomic mass is 10.1. The molecule has 1 aliphatic heterocycles. The summed E-state index contributed by atoms with van der Waals surface area (Å²) in [5.74, 6) is 0.587. The van der Waals surface area contributed by atoms with Crippen molar-refractivity contribution < 1.29 is 13.5 Å². The Balaban J connectivity index is 1.72. The summed E-state index contributed by atoms with van der Waals surface area (Å²) in [6, 6.07) is 8.58. The highest BCUT2D eigenvalue weighted by Gasteiger charge is 2.21. The van der Waals surface area contributed by atoms with Crippen LogP contribution in [0.1, 0.15) is 12.8 Å². The second-order valence-electron chi connectivity index (χ2n) is 6.90. The van der Waals surface area contributed by atoms with E-state index < -0.39 is 6.61 Å². The van der Waals surface area contributed by atoms with Crippen molar-refractivity contribution in [1.29, 1.82) is 0 Å². The fraction of sp³-hybridized carbons (Fsp3) is 0.368. The SMILES string of the molecule is CN1CCC[C@@H](Nc2nnc(-c3ccc(Cl)cc3OC(F)F)c3cccn23)C1. The van der Waals surface area contributed by atoms with Gasteiger partial charge in [-0.3, -0.25) is 4.40 Å². The molecular formula is C19H20ClF2N5O. The highest BCUT2D eigenvalue weighted by Crippen LogP contribution is 2.35. The molecule has 28 heavy (non-hydrogen) atoms. The van der Waals surface area contributed by atoms with E-state index >= 15 is 0 Å². The first-order valence-corrected chi connectivity index (χ1v) is 9.42. The van der Waals surface area contributed by atoms with Crippen LogP contribution in [-0.4, -0.2) is 52.3 Å². The molecule has 0 bridgehead atoms. The molecule has 9 heteroatoms. The molecule has 4 rings (SSSR count). The van der Waals surface area contributed by atoms with Gasteiger partial charge < -0.3 is 15.0 Å². The van der Waals surface area contributed by atoms with Gasteiger partial charge in [0.2, 0.25) is 5.95 Å². The number of nitrogens with one attached hydrogen (secondary N) is 1. The molecule has 148 valence electrons. The van der Waals surface area contributed by atoms with Crippen LogP contribution < -0.4 is 10.1 Å². The smallest absolute Gasteiger partial charge is 0.387 e. The molecule has 1 N–H and O–H groups in total. The third-order valence-electron chi connectivity index (χ3n) is 4.84. The van der Waals surface area contributed by atoms with Gasteiger partial charge >= 0.3 is 6.61 Å². The molecule has 2 aromatic heterocycles. The zero-order valence-electron chi connectivity index (χ0n) is 15.3. The van der Waals surface area contributed by atoms with Crippen LogP contribution in [0.15, 0.2) is 36.5 Å². The quantitative estimate of drug-likeness (QED) is 0.688. The summed E-state index contributed by atoms with van der Waals surface area (Å²) < 4.78 is 32.2. The molecule has 3 aromatic rings. The van der Waals surface area contributed by atoms with Gasteiger partial charge in [0.15, 0.2) is 0 Å². The van der Waals surface area contributed by atoms with Crippen LogP contribution in [0.25, 0.3) is 16.8 Å². The van der Waals surface area contributed by atoms with Crippen molar-refractivity contribution in [1.82, 2.24) is 19.5 Å². The maximum atomic E-state index is 12.8. The number of benzene rings is 1. The number of likely N-dealkylation sites (N-methyl/N-ethyl adjacent to an activating group) is 1. The van der Waals surface area contributed by atoms with Crippen molar-refractivity contribution in [3.05, 3.63) is 41.6 Å². The van der Waals surface area contributed by atoms with Gasteiger partial charge in [-0.15, -0.1) is 10.2 Å². The Kier molecular flexibility index (Phi) is 5.32. The Labute approximate surface area is 166 Å². The van der Waals surface area contributed by atoms with E-state index in [1.54, 1.807) is 12.1 Å². The standard InChI is InChI=1S/C19H20ClF2N5O/c1-26-8-2-4-13(11-26)23-19-25-24-17(15-5-3-9-27(15)19)14-7-6-12(20)10-16(14)28-18(21)22/h3,5-7,9-10,13,18H,2,4,8,11H2,1H3,(H,23,25)/t13-/m1/s1. The summed E-state index contributed by atoms with van der Waals surface area (Å²) in [4.78, 5) is 2.28. The number of rotatable bonds is 5. The topological polar surface area (TPSA) is 54.7 Å². The summed E-state index contributed by atoms with van der Waals surface area (Å²) in [6.07, 6.45) is 4.04. The van der Waals surface area contributed by atoms with Crippen molar-refractivity contribution in [2.24, 2.45) is 0 Å². The molecule has 0 saturated carbocycles. The van der Waals surface area contributed by atoms with E-state index in [2.05, 4.69) is 32.2 Å². The fourth-order valence-electron chi connectivity index (χ4n) is 3.60. The maximum Gasteiger partial charge on any atom is 0.387 e. The lowest BCUT2D eigenvalue weighted by Gasteiger charge is -2.30. The van der Waals surface area contributed by atoms with Gasteiger partial charge in [-0.1, -0.05) is 11.6 Å². The maximum absolute atomic E-state index is 12.8.